The topological polar surface area (TPSA) is 3.24 Å². The van der Waals surface area contributed by atoms with Crippen molar-refractivity contribution < 1.29 is 0 Å². The molecular weight excluding hydrogens is 202 g/mol. The predicted octanol–water partition coefficient (Wildman–Crippen LogP) is 2.55. The van der Waals surface area contributed by atoms with Crippen LogP contribution in [0.25, 0.3) is 0 Å². The first-order valence-corrected chi connectivity index (χ1v) is 5.19. The Labute approximate surface area is 76.9 Å². The summed E-state index contributed by atoms with van der Waals surface area (Å²) in [5.74, 6) is 0. The number of halogens is 1. The zero-order valence-electron chi connectivity index (χ0n) is 6.67. The van der Waals surface area contributed by atoms with E-state index in [9.17, 15) is 0 Å². The van der Waals surface area contributed by atoms with Crippen LogP contribution in [-0.4, -0.2) is 23.3 Å². The first-order chi connectivity index (χ1) is 5.43. The molecule has 0 amide bonds. The maximum atomic E-state index is 3.42. The van der Waals surface area contributed by atoms with E-state index in [0.717, 1.165) is 11.9 Å². The molecule has 62 valence electrons. The van der Waals surface area contributed by atoms with E-state index in [1.165, 1.54) is 19.4 Å². The summed E-state index contributed by atoms with van der Waals surface area (Å²) in [5, 5.41) is 1.13. The minimum Gasteiger partial charge on any atom is -0.374 e. The average molecular weight is 216 g/mol. The largest absolute Gasteiger partial charge is 0.374 e. The molecule has 1 heterocycles. The number of rotatable bonds is 4. The van der Waals surface area contributed by atoms with Crippen molar-refractivity contribution in [2.45, 2.75) is 12.8 Å². The Balaban J connectivity index is 2.07. The fourth-order valence-corrected chi connectivity index (χ4v) is 1.48. The molecule has 2 heteroatoms. The van der Waals surface area contributed by atoms with Crippen LogP contribution in [0.1, 0.15) is 12.8 Å². The lowest BCUT2D eigenvalue weighted by Crippen LogP contribution is -2.19. The SMILES string of the molecule is BrCCCCN1C=CC=CC1. The van der Waals surface area contributed by atoms with Gasteiger partial charge in [0.15, 0.2) is 0 Å². The summed E-state index contributed by atoms with van der Waals surface area (Å²) in [6.45, 7) is 2.27. The number of nitrogens with zero attached hydrogens (tertiary/aromatic N) is 1. The molecule has 0 fully saturated rings. The minimum atomic E-state index is 1.08. The van der Waals surface area contributed by atoms with Gasteiger partial charge in [0.1, 0.15) is 0 Å². The smallest absolute Gasteiger partial charge is 0.0357 e. The first kappa shape index (κ1) is 8.85. The fraction of sp³-hybridized carbons (Fsp3) is 0.556. The van der Waals surface area contributed by atoms with Crippen molar-refractivity contribution >= 4 is 15.9 Å². The molecule has 0 aromatic rings. The Bertz CT molecular complexity index is 152. The van der Waals surface area contributed by atoms with Gasteiger partial charge >= 0.3 is 0 Å². The second-order valence-electron chi connectivity index (χ2n) is 2.66. The Kier molecular flexibility index (Phi) is 4.36. The Hall–Kier alpha value is -0.240. The molecule has 0 aromatic heterocycles. The molecule has 0 aliphatic carbocycles. The monoisotopic (exact) mass is 215 g/mol. The van der Waals surface area contributed by atoms with Gasteiger partial charge in [-0.1, -0.05) is 28.1 Å². The van der Waals surface area contributed by atoms with Gasteiger partial charge in [0.25, 0.3) is 0 Å². The molecule has 1 nitrogen and oxygen atoms in total. The normalized spacial score (nSPS) is 15.9. The Morgan fingerprint density at radius 2 is 2.18 bits per heavy atom. The van der Waals surface area contributed by atoms with Crippen LogP contribution in [0.5, 0.6) is 0 Å². The molecule has 0 N–H and O–H groups in total. The molecule has 0 bridgehead atoms. The summed E-state index contributed by atoms with van der Waals surface area (Å²) < 4.78 is 0. The second kappa shape index (κ2) is 5.42. The lowest BCUT2D eigenvalue weighted by atomic mass is 10.3. The van der Waals surface area contributed by atoms with Gasteiger partial charge in [0.05, 0.1) is 0 Å². The summed E-state index contributed by atoms with van der Waals surface area (Å²) in [7, 11) is 0. The number of unbranched alkanes of at least 4 members (excludes halogenated alkanes) is 1. The van der Waals surface area contributed by atoms with Gasteiger partial charge in [-0.15, -0.1) is 0 Å². The van der Waals surface area contributed by atoms with Crippen LogP contribution >= 0.6 is 15.9 Å². The van der Waals surface area contributed by atoms with E-state index < -0.39 is 0 Å². The molecular formula is C9H14BrN. The Morgan fingerprint density at radius 3 is 2.82 bits per heavy atom. The van der Waals surface area contributed by atoms with Crippen molar-refractivity contribution in [2.75, 3.05) is 18.4 Å². The van der Waals surface area contributed by atoms with E-state index in [4.69, 9.17) is 0 Å². The van der Waals surface area contributed by atoms with Crippen molar-refractivity contribution in [3.05, 3.63) is 24.4 Å². The van der Waals surface area contributed by atoms with E-state index in [0.29, 0.717) is 0 Å². The number of hydrogen-bond acceptors (Lipinski definition) is 1. The zero-order valence-corrected chi connectivity index (χ0v) is 8.26. The summed E-state index contributed by atoms with van der Waals surface area (Å²) in [6.07, 6.45) is 11.1. The van der Waals surface area contributed by atoms with E-state index in [1.807, 2.05) is 0 Å². The summed E-state index contributed by atoms with van der Waals surface area (Å²) in [6, 6.07) is 0. The van der Waals surface area contributed by atoms with Crippen molar-refractivity contribution in [2.24, 2.45) is 0 Å². The molecule has 11 heavy (non-hydrogen) atoms. The molecule has 1 rings (SSSR count). The van der Waals surface area contributed by atoms with Crippen LogP contribution in [0.3, 0.4) is 0 Å². The van der Waals surface area contributed by atoms with Gasteiger partial charge in [-0.2, -0.15) is 0 Å². The van der Waals surface area contributed by atoms with Gasteiger partial charge in [-0.25, -0.2) is 0 Å². The first-order valence-electron chi connectivity index (χ1n) is 4.07. The average Bonchev–Trinajstić information content (AvgIpc) is 2.07. The van der Waals surface area contributed by atoms with Gasteiger partial charge in [0.2, 0.25) is 0 Å². The van der Waals surface area contributed by atoms with Gasteiger partial charge in [-0.3, -0.25) is 0 Å². The van der Waals surface area contributed by atoms with Gasteiger partial charge < -0.3 is 4.90 Å². The van der Waals surface area contributed by atoms with Crippen molar-refractivity contribution in [1.29, 1.82) is 0 Å². The molecule has 0 unspecified atom stereocenters. The van der Waals surface area contributed by atoms with E-state index in [-0.39, 0.29) is 0 Å². The third-order valence-electron chi connectivity index (χ3n) is 1.71. The van der Waals surface area contributed by atoms with Crippen molar-refractivity contribution in [3.8, 4) is 0 Å². The highest BCUT2D eigenvalue weighted by molar-refractivity contribution is 9.09. The maximum Gasteiger partial charge on any atom is 0.0357 e. The minimum absolute atomic E-state index is 1.08. The van der Waals surface area contributed by atoms with E-state index in [2.05, 4.69) is 45.3 Å². The number of alkyl halides is 1. The van der Waals surface area contributed by atoms with Crippen LogP contribution < -0.4 is 0 Å². The lowest BCUT2D eigenvalue weighted by molar-refractivity contribution is 0.402. The zero-order chi connectivity index (χ0) is 7.94. The fourth-order valence-electron chi connectivity index (χ4n) is 1.08. The van der Waals surface area contributed by atoms with Crippen LogP contribution in [0.2, 0.25) is 0 Å². The summed E-state index contributed by atoms with van der Waals surface area (Å²) in [5.41, 5.74) is 0. The second-order valence-corrected chi connectivity index (χ2v) is 3.45. The molecule has 0 spiro atoms. The molecule has 1 aliphatic heterocycles. The van der Waals surface area contributed by atoms with E-state index >= 15 is 0 Å². The number of allylic oxidation sites excluding steroid dienone is 2. The maximum absolute atomic E-state index is 3.42. The number of hydrogen-bond donors (Lipinski definition) is 0. The van der Waals surface area contributed by atoms with Crippen molar-refractivity contribution in [3.63, 3.8) is 0 Å². The molecule has 0 radical (unpaired) electrons. The molecule has 1 aliphatic rings. The lowest BCUT2D eigenvalue weighted by Gasteiger charge is -2.19. The third-order valence-corrected chi connectivity index (χ3v) is 2.27. The van der Waals surface area contributed by atoms with Crippen LogP contribution in [-0.2, 0) is 0 Å². The highest BCUT2D eigenvalue weighted by Gasteiger charge is 1.97. The molecule has 0 aromatic carbocycles. The van der Waals surface area contributed by atoms with Crippen LogP contribution in [0.4, 0.5) is 0 Å². The van der Waals surface area contributed by atoms with Crippen molar-refractivity contribution in [1.82, 2.24) is 4.90 Å². The highest BCUT2D eigenvalue weighted by atomic mass is 79.9. The van der Waals surface area contributed by atoms with Crippen LogP contribution in [0.15, 0.2) is 24.4 Å². The highest BCUT2D eigenvalue weighted by Crippen LogP contribution is 2.02. The molecule has 0 atom stereocenters. The van der Waals surface area contributed by atoms with Gasteiger partial charge in [0, 0.05) is 18.4 Å². The predicted molar refractivity (Wildman–Crippen MR) is 52.9 cm³/mol. The molecule has 0 saturated carbocycles. The quantitative estimate of drug-likeness (QED) is 0.515. The standard InChI is InChI=1S/C9H14BrN/c10-6-2-5-9-11-7-3-1-4-8-11/h1,3-4,7H,2,5-6,8-9H2. The molecule has 0 saturated heterocycles. The van der Waals surface area contributed by atoms with Gasteiger partial charge in [-0.05, 0) is 25.1 Å². The Morgan fingerprint density at radius 1 is 1.27 bits per heavy atom. The summed E-state index contributed by atoms with van der Waals surface area (Å²) >= 11 is 3.42. The summed E-state index contributed by atoms with van der Waals surface area (Å²) in [4.78, 5) is 2.34. The van der Waals surface area contributed by atoms with E-state index in [1.54, 1.807) is 0 Å². The third kappa shape index (κ3) is 3.61. The van der Waals surface area contributed by atoms with Crippen LogP contribution in [0, 0.1) is 0 Å².